The van der Waals surface area contributed by atoms with Crippen molar-refractivity contribution in [2.45, 2.75) is 19.1 Å². The van der Waals surface area contributed by atoms with Gasteiger partial charge in [0.2, 0.25) is 0 Å². The summed E-state index contributed by atoms with van der Waals surface area (Å²) in [7, 11) is 0. The van der Waals surface area contributed by atoms with Crippen molar-refractivity contribution in [2.24, 2.45) is 0 Å². The van der Waals surface area contributed by atoms with Crippen LogP contribution in [-0.4, -0.2) is 46.7 Å². The lowest BCUT2D eigenvalue weighted by atomic mass is 10.2. The molecule has 5 heteroatoms. The first kappa shape index (κ1) is 10.3. The summed E-state index contributed by atoms with van der Waals surface area (Å²) >= 11 is 0. The van der Waals surface area contributed by atoms with Gasteiger partial charge in [-0.05, 0) is 6.92 Å². The van der Waals surface area contributed by atoms with Crippen LogP contribution in [0.5, 0.6) is 0 Å². The zero-order valence-electron chi connectivity index (χ0n) is 6.23. The van der Waals surface area contributed by atoms with E-state index >= 15 is 0 Å². The molecular weight excluding hydrogens is 152 g/mol. The van der Waals surface area contributed by atoms with Crippen LogP contribution in [0.1, 0.15) is 6.92 Å². The molecule has 0 aliphatic heterocycles. The summed E-state index contributed by atoms with van der Waals surface area (Å²) in [5.41, 5.74) is 0. The summed E-state index contributed by atoms with van der Waals surface area (Å²) in [6, 6.07) is 0. The van der Waals surface area contributed by atoms with Gasteiger partial charge >= 0.3 is 5.97 Å². The minimum atomic E-state index is -1.65. The smallest absolute Gasteiger partial charge is 0.337 e. The van der Waals surface area contributed by atoms with Crippen LogP contribution < -0.4 is 0 Å². The van der Waals surface area contributed by atoms with Gasteiger partial charge in [-0.3, -0.25) is 0 Å². The number of rotatable bonds is 4. The quantitative estimate of drug-likeness (QED) is 0.429. The highest BCUT2D eigenvalue weighted by Gasteiger charge is 2.24. The molecule has 0 fully saturated rings. The van der Waals surface area contributed by atoms with Crippen LogP contribution >= 0.6 is 0 Å². The van der Waals surface area contributed by atoms with Gasteiger partial charge in [-0.15, -0.1) is 0 Å². The van der Waals surface area contributed by atoms with Gasteiger partial charge in [0.25, 0.3) is 0 Å². The molecule has 0 amide bonds. The highest BCUT2D eigenvalue weighted by molar-refractivity contribution is 5.75. The fourth-order valence-electron chi connectivity index (χ4n) is 0.485. The molecule has 0 radical (unpaired) electrons. The zero-order chi connectivity index (χ0) is 8.85. The predicted molar refractivity (Wildman–Crippen MR) is 35.7 cm³/mol. The topological polar surface area (TPSA) is 87.0 Å². The van der Waals surface area contributed by atoms with Crippen LogP contribution in [-0.2, 0) is 9.53 Å². The number of carbonyl (C=O) groups excluding carboxylic acids is 1. The van der Waals surface area contributed by atoms with Gasteiger partial charge in [-0.25, -0.2) is 4.79 Å². The Morgan fingerprint density at radius 2 is 2.09 bits per heavy atom. The maximum absolute atomic E-state index is 10.6. The number of hydrogen-bond acceptors (Lipinski definition) is 5. The molecule has 5 nitrogen and oxygen atoms in total. The lowest BCUT2D eigenvalue weighted by Crippen LogP contribution is -2.37. The van der Waals surface area contributed by atoms with Crippen LogP contribution in [0.3, 0.4) is 0 Å². The molecule has 0 aromatic heterocycles. The van der Waals surface area contributed by atoms with Gasteiger partial charge in [0.1, 0.15) is 6.10 Å². The molecule has 66 valence electrons. The Bertz CT molecular complexity index is 124. The Morgan fingerprint density at radius 1 is 1.55 bits per heavy atom. The van der Waals surface area contributed by atoms with E-state index in [1.54, 1.807) is 6.92 Å². The van der Waals surface area contributed by atoms with Gasteiger partial charge in [-0.2, -0.15) is 0 Å². The van der Waals surface area contributed by atoms with E-state index in [4.69, 9.17) is 15.3 Å². The van der Waals surface area contributed by atoms with Gasteiger partial charge in [0.05, 0.1) is 13.2 Å². The molecule has 0 spiro atoms. The third-order valence-corrected chi connectivity index (χ3v) is 1.08. The van der Waals surface area contributed by atoms with Crippen molar-refractivity contribution in [3.05, 3.63) is 0 Å². The van der Waals surface area contributed by atoms with Crippen LogP contribution in [0.4, 0.5) is 0 Å². The van der Waals surface area contributed by atoms with E-state index in [0.29, 0.717) is 0 Å². The molecule has 0 aromatic rings. The Balaban J connectivity index is 3.80. The van der Waals surface area contributed by atoms with Crippen molar-refractivity contribution >= 4 is 5.97 Å². The highest BCUT2D eigenvalue weighted by atomic mass is 16.5. The maximum Gasteiger partial charge on any atom is 0.337 e. The molecule has 2 atom stereocenters. The molecule has 3 N–H and O–H groups in total. The van der Waals surface area contributed by atoms with Crippen molar-refractivity contribution in [3.8, 4) is 0 Å². The van der Waals surface area contributed by atoms with Crippen LogP contribution in [0.2, 0.25) is 0 Å². The van der Waals surface area contributed by atoms with Crippen molar-refractivity contribution < 1.29 is 24.9 Å². The average Bonchev–Trinajstić information content (AvgIpc) is 2.02. The SMILES string of the molecule is CCOC(=O)C(O)C(O)CO. The van der Waals surface area contributed by atoms with Crippen molar-refractivity contribution in [3.63, 3.8) is 0 Å². The molecule has 0 aliphatic carbocycles. The van der Waals surface area contributed by atoms with Crippen LogP contribution in [0, 0.1) is 0 Å². The second-order valence-electron chi connectivity index (χ2n) is 1.95. The van der Waals surface area contributed by atoms with Crippen molar-refractivity contribution in [1.29, 1.82) is 0 Å². The number of aliphatic hydroxyl groups is 3. The van der Waals surface area contributed by atoms with Crippen LogP contribution in [0.15, 0.2) is 0 Å². The molecule has 0 bridgehead atoms. The van der Waals surface area contributed by atoms with Gasteiger partial charge in [0, 0.05) is 0 Å². The Labute approximate surface area is 64.2 Å². The minimum Gasteiger partial charge on any atom is -0.464 e. The van der Waals surface area contributed by atoms with Gasteiger partial charge in [0.15, 0.2) is 6.10 Å². The first-order valence-electron chi connectivity index (χ1n) is 3.27. The zero-order valence-corrected chi connectivity index (χ0v) is 6.23. The normalized spacial score (nSPS) is 15.6. The van der Waals surface area contributed by atoms with E-state index in [0.717, 1.165) is 0 Å². The lowest BCUT2D eigenvalue weighted by molar-refractivity contribution is -0.160. The molecule has 0 rings (SSSR count). The van der Waals surface area contributed by atoms with E-state index in [9.17, 15) is 4.79 Å². The van der Waals surface area contributed by atoms with E-state index in [2.05, 4.69) is 4.74 Å². The van der Waals surface area contributed by atoms with E-state index in [1.165, 1.54) is 0 Å². The lowest BCUT2D eigenvalue weighted by Gasteiger charge is -2.13. The van der Waals surface area contributed by atoms with E-state index in [1.807, 2.05) is 0 Å². The van der Waals surface area contributed by atoms with E-state index in [-0.39, 0.29) is 6.61 Å². The standard InChI is InChI=1S/C6H12O5/c1-2-11-6(10)5(9)4(8)3-7/h4-5,7-9H,2-3H2,1H3. The summed E-state index contributed by atoms with van der Waals surface area (Å²) in [5, 5.41) is 25.9. The summed E-state index contributed by atoms with van der Waals surface area (Å²) in [4.78, 5) is 10.6. The Morgan fingerprint density at radius 3 is 2.45 bits per heavy atom. The van der Waals surface area contributed by atoms with Gasteiger partial charge in [-0.1, -0.05) is 0 Å². The van der Waals surface area contributed by atoms with Crippen LogP contribution in [0.25, 0.3) is 0 Å². The second-order valence-corrected chi connectivity index (χ2v) is 1.95. The molecule has 2 unspecified atom stereocenters. The largest absolute Gasteiger partial charge is 0.464 e. The predicted octanol–water partition coefficient (Wildman–Crippen LogP) is -1.74. The van der Waals surface area contributed by atoms with E-state index < -0.39 is 24.8 Å². The van der Waals surface area contributed by atoms with Crippen molar-refractivity contribution in [2.75, 3.05) is 13.2 Å². The molecule has 0 saturated carbocycles. The number of ether oxygens (including phenoxy) is 1. The number of aliphatic hydroxyl groups excluding tert-OH is 3. The molecule has 0 saturated heterocycles. The third kappa shape index (κ3) is 3.31. The monoisotopic (exact) mass is 164 g/mol. The fourth-order valence-corrected chi connectivity index (χ4v) is 0.485. The molecule has 0 aliphatic rings. The summed E-state index contributed by atoms with van der Waals surface area (Å²) < 4.78 is 4.37. The molecular formula is C6H12O5. The summed E-state index contributed by atoms with van der Waals surface area (Å²) in [5.74, 6) is -0.922. The number of esters is 1. The summed E-state index contributed by atoms with van der Waals surface area (Å²) in [6.45, 7) is 1.05. The fraction of sp³-hybridized carbons (Fsp3) is 0.833. The first-order valence-corrected chi connectivity index (χ1v) is 3.27. The van der Waals surface area contributed by atoms with Gasteiger partial charge < -0.3 is 20.1 Å². The summed E-state index contributed by atoms with van der Waals surface area (Å²) in [6.07, 6.45) is -3.12. The average molecular weight is 164 g/mol. The Kier molecular flexibility index (Phi) is 4.76. The maximum atomic E-state index is 10.6. The number of hydrogen-bond donors (Lipinski definition) is 3. The second kappa shape index (κ2) is 5.06. The minimum absolute atomic E-state index is 0.133. The third-order valence-electron chi connectivity index (χ3n) is 1.08. The van der Waals surface area contributed by atoms with Crippen molar-refractivity contribution in [1.82, 2.24) is 0 Å². The molecule has 0 aromatic carbocycles. The first-order chi connectivity index (χ1) is 5.13. The molecule has 0 heterocycles. The molecule has 11 heavy (non-hydrogen) atoms. The Hall–Kier alpha value is -0.650. The highest BCUT2D eigenvalue weighted by Crippen LogP contribution is 1.95. The number of carbonyl (C=O) groups is 1.